The van der Waals surface area contributed by atoms with Crippen LogP contribution in [0.4, 0.5) is 0 Å². The summed E-state index contributed by atoms with van der Waals surface area (Å²) in [4.78, 5) is 32.0. The quantitative estimate of drug-likeness (QED) is 0.791. The maximum atomic E-state index is 12.3. The van der Waals surface area contributed by atoms with E-state index < -0.39 is 10.8 Å². The van der Waals surface area contributed by atoms with Gasteiger partial charge in [-0.05, 0) is 44.9 Å². The zero-order valence-electron chi connectivity index (χ0n) is 14.3. The van der Waals surface area contributed by atoms with Gasteiger partial charge in [0.2, 0.25) is 11.8 Å². The molecule has 1 aliphatic heterocycles. The lowest BCUT2D eigenvalue weighted by Gasteiger charge is -2.32. The van der Waals surface area contributed by atoms with E-state index in [4.69, 9.17) is 0 Å². The number of hydrogen-bond donors (Lipinski definition) is 3. The second-order valence-electron chi connectivity index (χ2n) is 6.65. The minimum absolute atomic E-state index is 0.103. The van der Waals surface area contributed by atoms with Crippen LogP contribution in [-0.2, 0) is 16.1 Å². The predicted molar refractivity (Wildman–Crippen MR) is 95.9 cm³/mol. The average Bonchev–Trinajstić information content (AvgIpc) is 2.95. The molecule has 7 heteroatoms. The molecule has 3 N–H and O–H groups in total. The van der Waals surface area contributed by atoms with Crippen molar-refractivity contribution in [3.8, 4) is 0 Å². The standard InChI is InChI=1S/C17H22N4O2S/c1-9-5-6-11-14(10(9)2)21-13(19-11)7-18-15(22)12-8-24-17(3,4)16(23)20-12/h5-6,12H,7-8H2,1-4H3,(H,18,22)(H,19,21)(H,20,23). The Bertz CT molecular complexity index is 812. The maximum Gasteiger partial charge on any atom is 0.243 e. The average molecular weight is 346 g/mol. The maximum absolute atomic E-state index is 12.3. The first-order valence-corrected chi connectivity index (χ1v) is 8.94. The number of carbonyl (C=O) groups excluding carboxylic acids is 2. The molecule has 0 spiro atoms. The third-order valence-corrected chi connectivity index (χ3v) is 5.84. The van der Waals surface area contributed by atoms with Crippen molar-refractivity contribution in [2.75, 3.05) is 5.75 Å². The molecule has 1 aromatic carbocycles. The van der Waals surface area contributed by atoms with E-state index in [1.54, 1.807) is 0 Å². The van der Waals surface area contributed by atoms with Crippen LogP contribution in [-0.4, -0.2) is 38.3 Å². The van der Waals surface area contributed by atoms with Crippen LogP contribution in [0.3, 0.4) is 0 Å². The first kappa shape index (κ1) is 16.8. The summed E-state index contributed by atoms with van der Waals surface area (Å²) in [6.07, 6.45) is 0. The number of nitrogens with zero attached hydrogens (tertiary/aromatic N) is 1. The molecule has 1 aliphatic rings. The normalized spacial score (nSPS) is 20.0. The number of rotatable bonds is 3. The van der Waals surface area contributed by atoms with Crippen molar-refractivity contribution >= 4 is 34.6 Å². The molecule has 0 radical (unpaired) electrons. The van der Waals surface area contributed by atoms with E-state index in [9.17, 15) is 9.59 Å². The Balaban J connectivity index is 1.65. The van der Waals surface area contributed by atoms with Gasteiger partial charge in [-0.3, -0.25) is 9.59 Å². The largest absolute Gasteiger partial charge is 0.347 e. The van der Waals surface area contributed by atoms with Gasteiger partial charge in [0.05, 0.1) is 22.3 Å². The summed E-state index contributed by atoms with van der Waals surface area (Å²) < 4.78 is -0.481. The SMILES string of the molecule is Cc1ccc2[nH]c(CNC(=O)C3CSC(C)(C)C(=O)N3)nc2c1C. The first-order chi connectivity index (χ1) is 11.3. The number of carbonyl (C=O) groups is 2. The Labute approximate surface area is 145 Å². The molecule has 1 saturated heterocycles. The number of thioether (sulfide) groups is 1. The highest BCUT2D eigenvalue weighted by Crippen LogP contribution is 2.29. The molecule has 2 heterocycles. The lowest BCUT2D eigenvalue weighted by atomic mass is 10.1. The van der Waals surface area contributed by atoms with Crippen molar-refractivity contribution in [3.63, 3.8) is 0 Å². The highest BCUT2D eigenvalue weighted by molar-refractivity contribution is 8.01. The van der Waals surface area contributed by atoms with Crippen LogP contribution in [0, 0.1) is 13.8 Å². The van der Waals surface area contributed by atoms with Crippen molar-refractivity contribution in [1.29, 1.82) is 0 Å². The van der Waals surface area contributed by atoms with E-state index in [0.717, 1.165) is 16.6 Å². The van der Waals surface area contributed by atoms with Gasteiger partial charge < -0.3 is 15.6 Å². The van der Waals surface area contributed by atoms with Gasteiger partial charge in [-0.25, -0.2) is 4.98 Å². The minimum Gasteiger partial charge on any atom is -0.347 e. The summed E-state index contributed by atoms with van der Waals surface area (Å²) in [6.45, 7) is 8.12. The Morgan fingerprint density at radius 2 is 2.17 bits per heavy atom. The van der Waals surface area contributed by atoms with E-state index in [1.807, 2.05) is 26.8 Å². The smallest absolute Gasteiger partial charge is 0.243 e. The Kier molecular flexibility index (Phi) is 4.29. The molecule has 1 fully saturated rings. The van der Waals surface area contributed by atoms with E-state index in [2.05, 4.69) is 33.6 Å². The van der Waals surface area contributed by atoms with Gasteiger partial charge >= 0.3 is 0 Å². The van der Waals surface area contributed by atoms with Crippen molar-refractivity contribution in [2.45, 2.75) is 45.0 Å². The summed E-state index contributed by atoms with van der Waals surface area (Å²) >= 11 is 1.50. The van der Waals surface area contributed by atoms with Crippen molar-refractivity contribution < 1.29 is 9.59 Å². The van der Waals surface area contributed by atoms with Gasteiger partial charge in [0.15, 0.2) is 0 Å². The lowest BCUT2D eigenvalue weighted by Crippen LogP contribution is -2.57. The van der Waals surface area contributed by atoms with Gasteiger partial charge in [-0.15, -0.1) is 11.8 Å². The molecule has 2 aromatic rings. The molecule has 0 aliphatic carbocycles. The number of imidazole rings is 1. The highest BCUT2D eigenvalue weighted by Gasteiger charge is 2.37. The second-order valence-corrected chi connectivity index (χ2v) is 8.29. The molecule has 1 atom stereocenters. The molecular formula is C17H22N4O2S. The van der Waals surface area contributed by atoms with Crippen molar-refractivity contribution in [2.24, 2.45) is 0 Å². The van der Waals surface area contributed by atoms with Crippen LogP contribution in [0.1, 0.15) is 30.8 Å². The highest BCUT2D eigenvalue weighted by atomic mass is 32.2. The van der Waals surface area contributed by atoms with Crippen LogP contribution < -0.4 is 10.6 Å². The topological polar surface area (TPSA) is 86.9 Å². The molecule has 1 unspecified atom stereocenters. The molecule has 0 bridgehead atoms. The van der Waals surface area contributed by atoms with Gasteiger partial charge in [0.1, 0.15) is 11.9 Å². The fraction of sp³-hybridized carbons (Fsp3) is 0.471. The third kappa shape index (κ3) is 3.13. The molecule has 0 saturated carbocycles. The van der Waals surface area contributed by atoms with E-state index in [0.29, 0.717) is 18.1 Å². The fourth-order valence-corrected chi connectivity index (χ4v) is 3.62. The fourth-order valence-electron chi connectivity index (χ4n) is 2.61. The van der Waals surface area contributed by atoms with Crippen molar-refractivity contribution in [3.05, 3.63) is 29.1 Å². The molecular weight excluding hydrogens is 324 g/mol. The number of hydrogen-bond acceptors (Lipinski definition) is 4. The summed E-state index contributed by atoms with van der Waals surface area (Å²) in [7, 11) is 0. The van der Waals surface area contributed by atoms with Crippen LogP contribution in [0.15, 0.2) is 12.1 Å². The second kappa shape index (κ2) is 6.12. The number of fused-ring (bicyclic) bond motifs is 1. The molecule has 2 amide bonds. The molecule has 6 nitrogen and oxygen atoms in total. The van der Waals surface area contributed by atoms with E-state index in [1.165, 1.54) is 17.3 Å². The summed E-state index contributed by atoms with van der Waals surface area (Å²) in [5, 5.41) is 5.63. The molecule has 3 rings (SSSR count). The number of nitrogens with one attached hydrogen (secondary N) is 3. The van der Waals surface area contributed by atoms with Gasteiger partial charge in [-0.1, -0.05) is 6.07 Å². The number of aromatic amines is 1. The number of aromatic nitrogens is 2. The molecule has 1 aromatic heterocycles. The molecule has 24 heavy (non-hydrogen) atoms. The van der Waals surface area contributed by atoms with Crippen molar-refractivity contribution in [1.82, 2.24) is 20.6 Å². The van der Waals surface area contributed by atoms with Crippen LogP contribution in [0.25, 0.3) is 11.0 Å². The van der Waals surface area contributed by atoms with Gasteiger partial charge in [0, 0.05) is 5.75 Å². The zero-order valence-corrected chi connectivity index (χ0v) is 15.1. The Morgan fingerprint density at radius 3 is 2.88 bits per heavy atom. The summed E-state index contributed by atoms with van der Waals surface area (Å²) in [6, 6.07) is 3.55. The van der Waals surface area contributed by atoms with Crippen LogP contribution in [0.5, 0.6) is 0 Å². The summed E-state index contributed by atoms with van der Waals surface area (Å²) in [5.74, 6) is 0.999. The van der Waals surface area contributed by atoms with Crippen LogP contribution >= 0.6 is 11.8 Å². The lowest BCUT2D eigenvalue weighted by molar-refractivity contribution is -0.129. The van der Waals surface area contributed by atoms with E-state index in [-0.39, 0.29) is 11.8 Å². The minimum atomic E-state index is -0.496. The molecule has 128 valence electrons. The predicted octanol–water partition coefficient (Wildman–Crippen LogP) is 1.81. The Morgan fingerprint density at radius 1 is 1.42 bits per heavy atom. The van der Waals surface area contributed by atoms with Gasteiger partial charge in [0.25, 0.3) is 0 Å². The number of H-pyrrole nitrogens is 1. The number of benzene rings is 1. The van der Waals surface area contributed by atoms with Gasteiger partial charge in [-0.2, -0.15) is 0 Å². The Hall–Kier alpha value is -2.02. The van der Waals surface area contributed by atoms with Crippen LogP contribution in [0.2, 0.25) is 0 Å². The van der Waals surface area contributed by atoms with E-state index >= 15 is 0 Å². The zero-order chi connectivity index (χ0) is 17.5. The number of amides is 2. The number of aryl methyl sites for hydroxylation is 2. The first-order valence-electron chi connectivity index (χ1n) is 7.95. The third-order valence-electron chi connectivity index (χ3n) is 4.44. The summed E-state index contributed by atoms with van der Waals surface area (Å²) in [5.41, 5.74) is 4.22. The monoisotopic (exact) mass is 346 g/mol.